The van der Waals surface area contributed by atoms with E-state index >= 15 is 0 Å². The average Bonchev–Trinajstić information content (AvgIpc) is 3.19. The summed E-state index contributed by atoms with van der Waals surface area (Å²) in [7, 11) is 0. The van der Waals surface area contributed by atoms with Crippen molar-refractivity contribution in [1.82, 2.24) is 14.9 Å². The molecule has 0 atom stereocenters. The molecule has 0 saturated carbocycles. The molecular weight excluding hydrogens is 424 g/mol. The van der Waals surface area contributed by atoms with Crippen molar-refractivity contribution in [2.75, 3.05) is 18.4 Å². The van der Waals surface area contributed by atoms with Gasteiger partial charge in [-0.1, -0.05) is 0 Å². The number of allylic oxidation sites excluding steroid dienone is 1. The highest BCUT2D eigenvalue weighted by molar-refractivity contribution is 6.08. The lowest BCUT2D eigenvalue weighted by molar-refractivity contribution is -0.125. The van der Waals surface area contributed by atoms with Crippen LogP contribution in [0.5, 0.6) is 11.5 Å². The van der Waals surface area contributed by atoms with Crippen molar-refractivity contribution in [3.63, 3.8) is 0 Å². The molecule has 3 rings (SSSR count). The first-order chi connectivity index (χ1) is 15.7. The minimum Gasteiger partial charge on any atom is -0.455 e. The van der Waals surface area contributed by atoms with Crippen LogP contribution in [-0.2, 0) is 4.79 Å². The van der Waals surface area contributed by atoms with Crippen molar-refractivity contribution in [3.8, 4) is 11.5 Å². The Hall–Kier alpha value is -3.79. The summed E-state index contributed by atoms with van der Waals surface area (Å²) >= 11 is 0. The molecule has 1 aliphatic heterocycles. The predicted octanol–water partition coefficient (Wildman–Crippen LogP) is 2.87. The zero-order chi connectivity index (χ0) is 24.0. The van der Waals surface area contributed by atoms with Gasteiger partial charge in [-0.15, -0.1) is 0 Å². The number of anilines is 1. The van der Waals surface area contributed by atoms with Gasteiger partial charge in [0, 0.05) is 43.2 Å². The smallest absolute Gasteiger partial charge is 0.329 e. The number of hydrogen-bond acceptors (Lipinski definition) is 8. The number of carbonyl (C=O) groups is 2. The van der Waals surface area contributed by atoms with E-state index in [0.29, 0.717) is 53.7 Å². The number of ether oxygens (including phenoxy) is 1. The van der Waals surface area contributed by atoms with Gasteiger partial charge in [-0.3, -0.25) is 25.0 Å². The second-order valence-corrected chi connectivity index (χ2v) is 8.24. The zero-order valence-corrected chi connectivity index (χ0v) is 18.9. The Kier molecular flexibility index (Phi) is 7.39. The number of nitrogens with two attached hydrogens (primary N) is 1. The molecule has 0 aliphatic carbocycles. The van der Waals surface area contributed by atoms with Crippen molar-refractivity contribution in [2.24, 2.45) is 10.7 Å². The fraction of sp³-hybridized carbons (Fsp3) is 0.348. The monoisotopic (exact) mass is 452 g/mol. The lowest BCUT2D eigenvalue weighted by Gasteiger charge is -2.15. The van der Waals surface area contributed by atoms with Gasteiger partial charge in [-0.25, -0.2) is 9.78 Å². The third kappa shape index (κ3) is 6.59. The summed E-state index contributed by atoms with van der Waals surface area (Å²) in [6, 6.07) is 6.22. The largest absolute Gasteiger partial charge is 0.455 e. The molecule has 3 amide bonds. The number of aliphatic imine (C=N–C) groups is 1. The fourth-order valence-electron chi connectivity index (χ4n) is 3.09. The van der Waals surface area contributed by atoms with Crippen LogP contribution in [0.1, 0.15) is 38.1 Å². The Balaban J connectivity index is 1.69. The van der Waals surface area contributed by atoms with Gasteiger partial charge < -0.3 is 15.6 Å². The van der Waals surface area contributed by atoms with Crippen LogP contribution in [0.15, 0.2) is 41.7 Å². The second kappa shape index (κ2) is 10.2. The molecule has 33 heavy (non-hydrogen) atoms. The topological polar surface area (TPSA) is 143 Å². The number of rotatable bonds is 7. The van der Waals surface area contributed by atoms with E-state index in [1.54, 1.807) is 57.4 Å². The number of pyridine rings is 2. The van der Waals surface area contributed by atoms with Crippen LogP contribution in [0.25, 0.3) is 5.57 Å². The summed E-state index contributed by atoms with van der Waals surface area (Å²) in [5.74, 6) is 1.15. The van der Waals surface area contributed by atoms with Crippen LogP contribution in [0, 0.1) is 6.92 Å². The predicted molar refractivity (Wildman–Crippen MR) is 125 cm³/mol. The fourth-order valence-corrected chi connectivity index (χ4v) is 3.09. The lowest BCUT2D eigenvalue weighted by atomic mass is 10.1. The van der Waals surface area contributed by atoms with Crippen molar-refractivity contribution >= 4 is 29.5 Å². The number of likely N-dealkylation sites (tertiary alicyclic amines) is 1. The number of aromatic nitrogens is 2. The van der Waals surface area contributed by atoms with E-state index in [2.05, 4.69) is 20.3 Å². The molecule has 3 heterocycles. The lowest BCUT2D eigenvalue weighted by Crippen LogP contribution is -2.35. The molecule has 0 bridgehead atoms. The molecular formula is C23H28N6O4. The maximum absolute atomic E-state index is 12.2. The number of nitrogens with one attached hydrogen (secondary N) is 1. The van der Waals surface area contributed by atoms with Crippen LogP contribution in [-0.4, -0.2) is 56.8 Å². The van der Waals surface area contributed by atoms with E-state index in [1.807, 2.05) is 0 Å². The number of amides is 3. The minimum atomic E-state index is -0.922. The standard InChI is InChI=1S/C23H28N6O4/c1-15-19(6-7-20(27-15)28-22(31)29-10-4-5-21(29)30)33-17-8-9-26-18(11-17)16(12-24)13-25-14-23(2,3)32/h6-9,11-13,32H,4-5,10,14,24H2,1-3H3,(H,27,28,31). The maximum atomic E-state index is 12.2. The first kappa shape index (κ1) is 23.9. The van der Waals surface area contributed by atoms with Crippen molar-refractivity contribution < 1.29 is 19.4 Å². The van der Waals surface area contributed by atoms with Gasteiger partial charge in [0.2, 0.25) is 5.91 Å². The SMILES string of the molecule is Cc1nc(NC(=O)N2CCCC2=O)ccc1Oc1ccnc(C(C=NCC(C)(C)O)=CN)c1. The van der Waals surface area contributed by atoms with Crippen molar-refractivity contribution in [2.45, 2.75) is 39.2 Å². The maximum Gasteiger partial charge on any atom is 0.329 e. The summed E-state index contributed by atoms with van der Waals surface area (Å²) in [4.78, 5) is 38.0. The summed E-state index contributed by atoms with van der Waals surface area (Å²) in [5, 5.41) is 12.4. The first-order valence-electron chi connectivity index (χ1n) is 10.5. The van der Waals surface area contributed by atoms with E-state index in [4.69, 9.17) is 10.5 Å². The van der Waals surface area contributed by atoms with E-state index in [1.165, 1.54) is 11.1 Å². The molecule has 10 heteroatoms. The van der Waals surface area contributed by atoms with Gasteiger partial charge in [0.05, 0.1) is 23.5 Å². The quantitative estimate of drug-likeness (QED) is 0.548. The molecule has 1 fully saturated rings. The summed E-state index contributed by atoms with van der Waals surface area (Å²) < 4.78 is 5.95. The molecule has 0 unspecified atom stereocenters. The summed E-state index contributed by atoms with van der Waals surface area (Å²) in [6.45, 7) is 5.73. The molecule has 0 spiro atoms. The Morgan fingerprint density at radius 3 is 2.82 bits per heavy atom. The van der Waals surface area contributed by atoms with Crippen LogP contribution in [0.3, 0.4) is 0 Å². The number of urea groups is 1. The van der Waals surface area contributed by atoms with Crippen LogP contribution < -0.4 is 15.8 Å². The van der Waals surface area contributed by atoms with Gasteiger partial charge in [-0.2, -0.15) is 0 Å². The second-order valence-electron chi connectivity index (χ2n) is 8.24. The van der Waals surface area contributed by atoms with E-state index in [-0.39, 0.29) is 12.5 Å². The Morgan fingerprint density at radius 2 is 2.18 bits per heavy atom. The minimum absolute atomic E-state index is 0.186. The van der Waals surface area contributed by atoms with Gasteiger partial charge in [0.15, 0.2) is 0 Å². The third-order valence-corrected chi connectivity index (χ3v) is 4.73. The third-order valence-electron chi connectivity index (χ3n) is 4.73. The molecule has 10 nitrogen and oxygen atoms in total. The van der Waals surface area contributed by atoms with Crippen LogP contribution in [0.4, 0.5) is 10.6 Å². The van der Waals surface area contributed by atoms with Crippen molar-refractivity contribution in [3.05, 3.63) is 48.1 Å². The van der Waals surface area contributed by atoms with E-state index in [9.17, 15) is 14.7 Å². The molecule has 0 aromatic carbocycles. The highest BCUT2D eigenvalue weighted by Crippen LogP contribution is 2.26. The van der Waals surface area contributed by atoms with Gasteiger partial charge >= 0.3 is 6.03 Å². The van der Waals surface area contributed by atoms with Gasteiger partial charge in [-0.05, 0) is 45.4 Å². The number of aliphatic hydroxyl groups is 1. The molecule has 2 aromatic heterocycles. The van der Waals surface area contributed by atoms with Crippen molar-refractivity contribution in [1.29, 1.82) is 0 Å². The molecule has 1 saturated heterocycles. The molecule has 0 radical (unpaired) electrons. The average molecular weight is 453 g/mol. The molecule has 174 valence electrons. The molecule has 4 N–H and O–H groups in total. The normalized spacial score (nSPS) is 14.7. The van der Waals surface area contributed by atoms with Gasteiger partial charge in [0.1, 0.15) is 17.3 Å². The number of nitrogens with zero attached hydrogens (tertiary/aromatic N) is 4. The number of aryl methyl sites for hydroxylation is 1. The van der Waals surface area contributed by atoms with E-state index in [0.717, 1.165) is 0 Å². The number of imide groups is 1. The molecule has 2 aromatic rings. The van der Waals surface area contributed by atoms with Crippen LogP contribution in [0.2, 0.25) is 0 Å². The Morgan fingerprint density at radius 1 is 1.39 bits per heavy atom. The van der Waals surface area contributed by atoms with Gasteiger partial charge in [0.25, 0.3) is 0 Å². The number of carbonyl (C=O) groups excluding carboxylic acids is 2. The summed E-state index contributed by atoms with van der Waals surface area (Å²) in [5.41, 5.74) is 6.49. The summed E-state index contributed by atoms with van der Waals surface area (Å²) in [6.07, 6.45) is 5.58. The Bertz CT molecular complexity index is 1090. The van der Waals surface area contributed by atoms with E-state index < -0.39 is 11.6 Å². The van der Waals surface area contributed by atoms with Crippen LogP contribution >= 0.6 is 0 Å². The zero-order valence-electron chi connectivity index (χ0n) is 18.9. The molecule has 1 aliphatic rings. The highest BCUT2D eigenvalue weighted by Gasteiger charge is 2.26. The first-order valence-corrected chi connectivity index (χ1v) is 10.5. The highest BCUT2D eigenvalue weighted by atomic mass is 16.5. The number of hydrogen-bond donors (Lipinski definition) is 3. The Labute approximate surface area is 192 Å².